The third kappa shape index (κ3) is 4.38. The maximum absolute atomic E-state index is 13.5. The van der Waals surface area contributed by atoms with Gasteiger partial charge in [0.05, 0.1) is 16.7 Å². The summed E-state index contributed by atoms with van der Waals surface area (Å²) in [5.74, 6) is -1.12. The third-order valence-corrected chi connectivity index (χ3v) is 4.55. The number of rotatable bonds is 6. The molecule has 0 aliphatic heterocycles. The highest BCUT2D eigenvalue weighted by atomic mass is 32.2. The molecule has 2 N–H and O–H groups in total. The Labute approximate surface area is 139 Å². The van der Waals surface area contributed by atoms with Crippen molar-refractivity contribution in [3.8, 4) is 6.07 Å². The molecule has 2 rings (SSSR count). The van der Waals surface area contributed by atoms with Crippen LogP contribution < -0.4 is 10.0 Å². The Bertz CT molecular complexity index is 874. The number of para-hydroxylation sites is 1. The Morgan fingerprint density at radius 1 is 1.12 bits per heavy atom. The molecule has 0 aromatic heterocycles. The van der Waals surface area contributed by atoms with E-state index in [0.717, 1.165) is 0 Å². The first-order valence-corrected chi connectivity index (χ1v) is 8.45. The summed E-state index contributed by atoms with van der Waals surface area (Å²) < 4.78 is 39.7. The summed E-state index contributed by atoms with van der Waals surface area (Å²) in [5.41, 5.74) is 0.228. The number of anilines is 1. The van der Waals surface area contributed by atoms with Crippen LogP contribution in [0.3, 0.4) is 0 Å². The predicted octanol–water partition coefficient (Wildman–Crippen LogP) is 2.27. The van der Waals surface area contributed by atoms with E-state index in [1.165, 1.54) is 42.5 Å². The number of halogens is 1. The van der Waals surface area contributed by atoms with Crippen molar-refractivity contribution in [2.75, 3.05) is 11.9 Å². The average molecular weight is 347 g/mol. The molecular formula is C16H14FN3O3S. The van der Waals surface area contributed by atoms with Gasteiger partial charge in [0.25, 0.3) is 5.91 Å². The Morgan fingerprint density at radius 3 is 2.42 bits per heavy atom. The van der Waals surface area contributed by atoms with Crippen LogP contribution in [0.2, 0.25) is 0 Å². The second-order valence-corrected chi connectivity index (χ2v) is 6.53. The second kappa shape index (κ2) is 7.68. The summed E-state index contributed by atoms with van der Waals surface area (Å²) in [6.07, 6.45) is 0.0579. The zero-order valence-electron chi connectivity index (χ0n) is 12.5. The lowest BCUT2D eigenvalue weighted by Gasteiger charge is -2.08. The fourth-order valence-corrected chi connectivity index (χ4v) is 2.90. The van der Waals surface area contributed by atoms with Crippen molar-refractivity contribution in [3.63, 3.8) is 0 Å². The van der Waals surface area contributed by atoms with Gasteiger partial charge in [0, 0.05) is 18.5 Å². The van der Waals surface area contributed by atoms with E-state index < -0.39 is 21.7 Å². The molecule has 0 aliphatic carbocycles. The van der Waals surface area contributed by atoms with Crippen LogP contribution in [-0.4, -0.2) is 20.9 Å². The molecule has 124 valence electrons. The van der Waals surface area contributed by atoms with E-state index >= 15 is 0 Å². The maximum Gasteiger partial charge on any atom is 0.255 e. The minimum Gasteiger partial charge on any atom is -0.319 e. The van der Waals surface area contributed by atoms with Crippen molar-refractivity contribution in [1.29, 1.82) is 5.26 Å². The van der Waals surface area contributed by atoms with Crippen LogP contribution in [0.4, 0.5) is 10.1 Å². The molecule has 0 fully saturated rings. The summed E-state index contributed by atoms with van der Waals surface area (Å²) in [6, 6.07) is 12.8. The molecule has 0 saturated heterocycles. The largest absolute Gasteiger partial charge is 0.319 e. The quantitative estimate of drug-likeness (QED) is 0.783. The Balaban J connectivity index is 2.10. The molecule has 0 saturated carbocycles. The van der Waals surface area contributed by atoms with Crippen molar-refractivity contribution in [1.82, 2.24) is 4.72 Å². The zero-order valence-corrected chi connectivity index (χ0v) is 13.3. The molecule has 24 heavy (non-hydrogen) atoms. The highest BCUT2D eigenvalue weighted by molar-refractivity contribution is 7.89. The summed E-state index contributed by atoms with van der Waals surface area (Å²) >= 11 is 0. The number of nitriles is 1. The van der Waals surface area contributed by atoms with Crippen molar-refractivity contribution in [2.24, 2.45) is 0 Å². The Kier molecular flexibility index (Phi) is 5.63. The number of sulfonamides is 1. The monoisotopic (exact) mass is 347 g/mol. The van der Waals surface area contributed by atoms with Crippen molar-refractivity contribution >= 4 is 21.6 Å². The van der Waals surface area contributed by atoms with E-state index in [-0.39, 0.29) is 29.1 Å². The molecule has 0 spiro atoms. The van der Waals surface area contributed by atoms with Gasteiger partial charge in [-0.3, -0.25) is 4.79 Å². The van der Waals surface area contributed by atoms with Gasteiger partial charge in [-0.1, -0.05) is 12.1 Å². The molecule has 0 heterocycles. The first-order chi connectivity index (χ1) is 11.4. The molecule has 1 amide bonds. The van der Waals surface area contributed by atoms with E-state index in [2.05, 4.69) is 10.0 Å². The molecule has 8 heteroatoms. The number of amides is 1. The molecule has 0 unspecified atom stereocenters. The Morgan fingerprint density at radius 2 is 1.79 bits per heavy atom. The number of carbonyl (C=O) groups excluding carboxylic acids is 1. The SMILES string of the molecule is N#CCCNS(=O)(=O)c1ccc(C(=O)Nc2ccccc2F)cc1. The summed E-state index contributed by atoms with van der Waals surface area (Å²) in [6.45, 7) is 0.00829. The number of nitrogens with one attached hydrogen (secondary N) is 2. The summed E-state index contributed by atoms with van der Waals surface area (Å²) in [5, 5.41) is 10.8. The number of hydrogen-bond donors (Lipinski definition) is 2. The molecule has 0 atom stereocenters. The lowest BCUT2D eigenvalue weighted by Crippen LogP contribution is -2.24. The minimum atomic E-state index is -3.73. The molecule has 0 bridgehead atoms. The van der Waals surface area contributed by atoms with Crippen molar-refractivity contribution in [2.45, 2.75) is 11.3 Å². The smallest absolute Gasteiger partial charge is 0.255 e. The van der Waals surface area contributed by atoms with Crippen LogP contribution in [0.5, 0.6) is 0 Å². The zero-order chi connectivity index (χ0) is 17.6. The number of carbonyl (C=O) groups is 1. The molecule has 2 aromatic carbocycles. The standard InChI is InChI=1S/C16H14FN3O3S/c17-14-4-1-2-5-15(14)20-16(21)12-6-8-13(9-7-12)24(22,23)19-11-3-10-18/h1-2,4-9,19H,3,11H2,(H,20,21). The normalized spacial score (nSPS) is 10.8. The van der Waals surface area contributed by atoms with Crippen molar-refractivity contribution < 1.29 is 17.6 Å². The van der Waals surface area contributed by atoms with Crippen LogP contribution in [0.1, 0.15) is 16.8 Å². The third-order valence-electron chi connectivity index (χ3n) is 3.08. The fraction of sp³-hybridized carbons (Fsp3) is 0.125. The molecule has 0 aliphatic rings. The van der Waals surface area contributed by atoms with E-state index in [1.54, 1.807) is 6.07 Å². The van der Waals surface area contributed by atoms with Crippen LogP contribution >= 0.6 is 0 Å². The number of benzene rings is 2. The predicted molar refractivity (Wildman–Crippen MR) is 86.2 cm³/mol. The molecule has 6 nitrogen and oxygen atoms in total. The van der Waals surface area contributed by atoms with E-state index in [1.807, 2.05) is 6.07 Å². The fourth-order valence-electron chi connectivity index (χ4n) is 1.87. The lowest BCUT2D eigenvalue weighted by atomic mass is 10.2. The number of nitrogens with zero attached hydrogens (tertiary/aromatic N) is 1. The van der Waals surface area contributed by atoms with Gasteiger partial charge in [0.1, 0.15) is 5.82 Å². The van der Waals surface area contributed by atoms with Gasteiger partial charge in [0.2, 0.25) is 10.0 Å². The van der Waals surface area contributed by atoms with Crippen LogP contribution in [0.15, 0.2) is 53.4 Å². The van der Waals surface area contributed by atoms with Crippen LogP contribution in [0, 0.1) is 17.1 Å². The van der Waals surface area contributed by atoms with E-state index in [4.69, 9.17) is 5.26 Å². The first kappa shape index (κ1) is 17.6. The highest BCUT2D eigenvalue weighted by Crippen LogP contribution is 2.15. The van der Waals surface area contributed by atoms with E-state index in [0.29, 0.717) is 0 Å². The average Bonchev–Trinajstić information content (AvgIpc) is 2.57. The molecule has 2 aromatic rings. The topological polar surface area (TPSA) is 99.1 Å². The van der Waals surface area contributed by atoms with Gasteiger partial charge < -0.3 is 5.32 Å². The summed E-state index contributed by atoms with van der Waals surface area (Å²) in [4.78, 5) is 12.0. The van der Waals surface area contributed by atoms with Gasteiger partial charge in [-0.05, 0) is 36.4 Å². The van der Waals surface area contributed by atoms with Gasteiger partial charge in [-0.15, -0.1) is 0 Å². The van der Waals surface area contributed by atoms with Crippen molar-refractivity contribution in [3.05, 3.63) is 59.9 Å². The second-order valence-electron chi connectivity index (χ2n) is 4.76. The Hall–Kier alpha value is -2.76. The highest BCUT2D eigenvalue weighted by Gasteiger charge is 2.15. The van der Waals surface area contributed by atoms with Gasteiger partial charge in [-0.25, -0.2) is 17.5 Å². The molecule has 0 radical (unpaired) electrons. The van der Waals surface area contributed by atoms with Gasteiger partial charge in [-0.2, -0.15) is 5.26 Å². The minimum absolute atomic E-state index is 0.00829. The first-order valence-electron chi connectivity index (χ1n) is 6.96. The number of hydrogen-bond acceptors (Lipinski definition) is 4. The summed E-state index contributed by atoms with van der Waals surface area (Å²) in [7, 11) is -3.73. The lowest BCUT2D eigenvalue weighted by molar-refractivity contribution is 0.102. The van der Waals surface area contributed by atoms with Gasteiger partial charge >= 0.3 is 0 Å². The van der Waals surface area contributed by atoms with Gasteiger partial charge in [0.15, 0.2) is 0 Å². The maximum atomic E-state index is 13.5. The van der Waals surface area contributed by atoms with Crippen LogP contribution in [0.25, 0.3) is 0 Å². The van der Waals surface area contributed by atoms with E-state index in [9.17, 15) is 17.6 Å². The molecular weight excluding hydrogens is 333 g/mol. The van der Waals surface area contributed by atoms with Crippen LogP contribution in [-0.2, 0) is 10.0 Å².